The third kappa shape index (κ3) is 5.13. The number of nitrogens with one attached hydrogen (secondary N) is 1. The second kappa shape index (κ2) is 9.51. The van der Waals surface area contributed by atoms with Gasteiger partial charge in [-0.15, -0.1) is 11.3 Å². The fourth-order valence-corrected chi connectivity index (χ4v) is 4.72. The Kier molecular flexibility index (Phi) is 6.56. The molecular weight excluding hydrogens is 403 g/mol. The zero-order chi connectivity index (χ0) is 20.9. The number of carbonyl (C=O) groups is 1. The molecule has 4 rings (SSSR count). The minimum atomic E-state index is -0.227. The van der Waals surface area contributed by atoms with Gasteiger partial charge in [-0.1, -0.05) is 12.1 Å². The van der Waals surface area contributed by atoms with E-state index in [-0.39, 0.29) is 11.7 Å². The fraction of sp³-hybridized carbons (Fsp3) is 0.364. The average molecular weight is 429 g/mol. The van der Waals surface area contributed by atoms with E-state index in [9.17, 15) is 9.18 Å². The summed E-state index contributed by atoms with van der Waals surface area (Å²) in [6.45, 7) is 4.62. The number of halogens is 1. The van der Waals surface area contributed by atoms with Crippen LogP contribution < -0.4 is 10.1 Å². The molecule has 158 valence electrons. The lowest BCUT2D eigenvalue weighted by Gasteiger charge is -2.21. The number of thiazole rings is 1. The SMILES string of the molecule is COc1ccccc1NC(=O)CN1CCCN(Cc2nc3ccc(F)cc3s2)CC1. The summed E-state index contributed by atoms with van der Waals surface area (Å²) in [5.41, 5.74) is 1.54. The summed E-state index contributed by atoms with van der Waals surface area (Å²) in [5, 5.41) is 3.94. The molecule has 1 fully saturated rings. The van der Waals surface area contributed by atoms with Gasteiger partial charge in [0.05, 0.1) is 36.1 Å². The number of ether oxygens (including phenoxy) is 1. The maximum absolute atomic E-state index is 13.4. The topological polar surface area (TPSA) is 57.7 Å². The number of carbonyl (C=O) groups excluding carboxylic acids is 1. The highest BCUT2D eigenvalue weighted by molar-refractivity contribution is 7.18. The molecule has 0 unspecified atom stereocenters. The first kappa shape index (κ1) is 20.7. The number of amides is 1. The van der Waals surface area contributed by atoms with E-state index in [1.165, 1.54) is 6.07 Å². The smallest absolute Gasteiger partial charge is 0.238 e. The van der Waals surface area contributed by atoms with Crippen molar-refractivity contribution < 1.29 is 13.9 Å². The summed E-state index contributed by atoms with van der Waals surface area (Å²) in [5.74, 6) is 0.388. The van der Waals surface area contributed by atoms with Crippen LogP contribution in [0.15, 0.2) is 42.5 Å². The van der Waals surface area contributed by atoms with Crippen LogP contribution in [0, 0.1) is 5.82 Å². The molecule has 0 saturated carbocycles. The number of aromatic nitrogens is 1. The Labute approximate surface area is 179 Å². The minimum absolute atomic E-state index is 0.0406. The number of nitrogens with zero attached hydrogens (tertiary/aromatic N) is 3. The Morgan fingerprint density at radius 1 is 1.17 bits per heavy atom. The second-order valence-corrected chi connectivity index (χ2v) is 8.49. The molecule has 0 spiro atoms. The molecule has 1 saturated heterocycles. The molecule has 1 aliphatic heterocycles. The first-order valence-corrected chi connectivity index (χ1v) is 10.8. The van der Waals surface area contributed by atoms with Gasteiger partial charge in [-0.2, -0.15) is 0 Å². The van der Waals surface area contributed by atoms with Gasteiger partial charge in [0.15, 0.2) is 0 Å². The number of methoxy groups -OCH3 is 1. The molecule has 3 aromatic rings. The van der Waals surface area contributed by atoms with E-state index >= 15 is 0 Å². The first-order valence-electron chi connectivity index (χ1n) is 10.0. The molecule has 2 heterocycles. The Balaban J connectivity index is 1.30. The van der Waals surface area contributed by atoms with E-state index in [0.717, 1.165) is 54.4 Å². The maximum atomic E-state index is 13.4. The van der Waals surface area contributed by atoms with Gasteiger partial charge >= 0.3 is 0 Å². The molecule has 0 aliphatic carbocycles. The Bertz CT molecular complexity index is 1030. The molecule has 1 amide bonds. The van der Waals surface area contributed by atoms with Crippen molar-refractivity contribution in [3.05, 3.63) is 53.3 Å². The third-order valence-corrected chi connectivity index (χ3v) is 6.19. The van der Waals surface area contributed by atoms with Gasteiger partial charge < -0.3 is 10.1 Å². The molecule has 1 aliphatic rings. The average Bonchev–Trinajstić information content (AvgIpc) is 3.00. The lowest BCUT2D eigenvalue weighted by molar-refractivity contribution is -0.117. The fourth-order valence-electron chi connectivity index (χ4n) is 3.69. The van der Waals surface area contributed by atoms with Crippen molar-refractivity contribution in [2.24, 2.45) is 0 Å². The van der Waals surface area contributed by atoms with Crippen LogP contribution in [0.3, 0.4) is 0 Å². The second-order valence-electron chi connectivity index (χ2n) is 7.37. The molecule has 1 N–H and O–H groups in total. The number of fused-ring (bicyclic) bond motifs is 1. The summed E-state index contributed by atoms with van der Waals surface area (Å²) in [7, 11) is 1.59. The number of rotatable bonds is 6. The standard InChI is InChI=1S/C22H25FN4O2S/c1-29-19-6-3-2-5-17(19)24-21(28)14-26-9-4-10-27(12-11-26)15-22-25-18-8-7-16(23)13-20(18)30-22/h2-3,5-8,13H,4,9-12,14-15H2,1H3,(H,24,28). The summed E-state index contributed by atoms with van der Waals surface area (Å²) < 4.78 is 19.6. The van der Waals surface area contributed by atoms with E-state index < -0.39 is 0 Å². The number of hydrogen-bond donors (Lipinski definition) is 1. The van der Waals surface area contributed by atoms with Crippen molar-refractivity contribution in [2.75, 3.05) is 45.2 Å². The van der Waals surface area contributed by atoms with Crippen LogP contribution in [0.4, 0.5) is 10.1 Å². The summed E-state index contributed by atoms with van der Waals surface area (Å²) in [6, 6.07) is 12.1. The number of anilines is 1. The van der Waals surface area contributed by atoms with E-state index in [0.29, 0.717) is 18.0 Å². The number of para-hydroxylation sites is 2. The minimum Gasteiger partial charge on any atom is -0.495 e. The number of hydrogen-bond acceptors (Lipinski definition) is 6. The molecule has 0 bridgehead atoms. The van der Waals surface area contributed by atoms with Gasteiger partial charge in [0.2, 0.25) is 5.91 Å². The lowest BCUT2D eigenvalue weighted by atomic mass is 10.3. The van der Waals surface area contributed by atoms with Gasteiger partial charge in [-0.05, 0) is 49.8 Å². The highest BCUT2D eigenvalue weighted by Crippen LogP contribution is 2.25. The van der Waals surface area contributed by atoms with Crippen LogP contribution in [0.5, 0.6) is 5.75 Å². The summed E-state index contributed by atoms with van der Waals surface area (Å²) in [4.78, 5) is 21.7. The summed E-state index contributed by atoms with van der Waals surface area (Å²) >= 11 is 1.55. The van der Waals surface area contributed by atoms with E-state index in [1.54, 1.807) is 30.6 Å². The zero-order valence-corrected chi connectivity index (χ0v) is 17.8. The Hall–Kier alpha value is -2.55. The van der Waals surface area contributed by atoms with Crippen LogP contribution in [0.1, 0.15) is 11.4 Å². The molecule has 1 aromatic heterocycles. The van der Waals surface area contributed by atoms with Crippen molar-refractivity contribution >= 4 is 33.1 Å². The molecule has 8 heteroatoms. The predicted octanol–water partition coefficient (Wildman–Crippen LogP) is 3.59. The quantitative estimate of drug-likeness (QED) is 0.650. The van der Waals surface area contributed by atoms with E-state index in [4.69, 9.17) is 4.74 Å². The highest BCUT2D eigenvalue weighted by Gasteiger charge is 2.19. The highest BCUT2D eigenvalue weighted by atomic mass is 32.1. The largest absolute Gasteiger partial charge is 0.495 e. The van der Waals surface area contributed by atoms with Gasteiger partial charge in [0.25, 0.3) is 0 Å². The molecule has 30 heavy (non-hydrogen) atoms. The lowest BCUT2D eigenvalue weighted by Crippen LogP contribution is -2.36. The third-order valence-electron chi connectivity index (χ3n) is 5.18. The van der Waals surface area contributed by atoms with Crippen molar-refractivity contribution in [3.63, 3.8) is 0 Å². The van der Waals surface area contributed by atoms with Crippen molar-refractivity contribution in [2.45, 2.75) is 13.0 Å². The van der Waals surface area contributed by atoms with E-state index in [1.807, 2.05) is 24.3 Å². The van der Waals surface area contributed by atoms with Crippen molar-refractivity contribution in [1.82, 2.24) is 14.8 Å². The van der Waals surface area contributed by atoms with E-state index in [2.05, 4.69) is 20.1 Å². The molecular formula is C22H25FN4O2S. The van der Waals surface area contributed by atoms with Gasteiger partial charge in [0, 0.05) is 13.1 Å². The Morgan fingerprint density at radius 2 is 1.97 bits per heavy atom. The van der Waals surface area contributed by atoms with Gasteiger partial charge in [0.1, 0.15) is 16.6 Å². The van der Waals surface area contributed by atoms with Gasteiger partial charge in [-0.25, -0.2) is 9.37 Å². The van der Waals surface area contributed by atoms with Crippen LogP contribution >= 0.6 is 11.3 Å². The molecule has 2 aromatic carbocycles. The van der Waals surface area contributed by atoms with Crippen molar-refractivity contribution in [3.8, 4) is 5.75 Å². The maximum Gasteiger partial charge on any atom is 0.238 e. The van der Waals surface area contributed by atoms with Crippen LogP contribution in [0.2, 0.25) is 0 Å². The first-order chi connectivity index (χ1) is 14.6. The molecule has 0 radical (unpaired) electrons. The van der Waals surface area contributed by atoms with Crippen LogP contribution in [-0.4, -0.2) is 60.5 Å². The van der Waals surface area contributed by atoms with Crippen LogP contribution in [0.25, 0.3) is 10.2 Å². The van der Waals surface area contributed by atoms with Crippen LogP contribution in [-0.2, 0) is 11.3 Å². The Morgan fingerprint density at radius 3 is 2.83 bits per heavy atom. The van der Waals surface area contributed by atoms with Gasteiger partial charge in [-0.3, -0.25) is 14.6 Å². The summed E-state index contributed by atoms with van der Waals surface area (Å²) in [6.07, 6.45) is 0.988. The molecule has 0 atom stereocenters. The normalized spacial score (nSPS) is 15.8. The molecule has 6 nitrogen and oxygen atoms in total. The predicted molar refractivity (Wildman–Crippen MR) is 118 cm³/mol. The zero-order valence-electron chi connectivity index (χ0n) is 16.9. The van der Waals surface area contributed by atoms with Crippen molar-refractivity contribution in [1.29, 1.82) is 0 Å². The monoisotopic (exact) mass is 428 g/mol. The number of benzene rings is 2.